The molecule has 0 spiro atoms. The summed E-state index contributed by atoms with van der Waals surface area (Å²) >= 11 is 0. The third-order valence-corrected chi connectivity index (χ3v) is 3.05. The summed E-state index contributed by atoms with van der Waals surface area (Å²) in [5, 5.41) is 18.6. The SMILES string of the molecule is OCC[C@@H](O)c1cccc(OC2CCCCO2)c1. The predicted octanol–water partition coefficient (Wildman–Crippen LogP) is 2.01. The summed E-state index contributed by atoms with van der Waals surface area (Å²) in [6, 6.07) is 7.33. The summed E-state index contributed by atoms with van der Waals surface area (Å²) in [5.74, 6) is 0.705. The molecule has 1 aromatic rings. The van der Waals surface area contributed by atoms with Crippen LogP contribution in [-0.2, 0) is 4.74 Å². The number of ether oxygens (including phenoxy) is 2. The van der Waals surface area contributed by atoms with Gasteiger partial charge in [-0.2, -0.15) is 0 Å². The van der Waals surface area contributed by atoms with E-state index in [-0.39, 0.29) is 12.9 Å². The molecule has 1 aliphatic heterocycles. The molecule has 2 atom stereocenters. The van der Waals surface area contributed by atoms with Gasteiger partial charge in [0.2, 0.25) is 0 Å². The van der Waals surface area contributed by atoms with Gasteiger partial charge in [0.1, 0.15) is 5.75 Å². The Morgan fingerprint density at radius 1 is 1.39 bits per heavy atom. The Morgan fingerprint density at radius 2 is 2.28 bits per heavy atom. The Labute approximate surface area is 107 Å². The van der Waals surface area contributed by atoms with E-state index in [0.717, 1.165) is 31.4 Å². The fraction of sp³-hybridized carbons (Fsp3) is 0.571. The molecule has 2 N–H and O–H groups in total. The maximum atomic E-state index is 9.80. The van der Waals surface area contributed by atoms with E-state index < -0.39 is 6.10 Å². The van der Waals surface area contributed by atoms with Crippen LogP contribution in [0.25, 0.3) is 0 Å². The van der Waals surface area contributed by atoms with E-state index in [2.05, 4.69) is 0 Å². The van der Waals surface area contributed by atoms with Crippen molar-refractivity contribution in [2.75, 3.05) is 13.2 Å². The number of hydrogen-bond acceptors (Lipinski definition) is 4. The normalized spacial score (nSPS) is 21.6. The van der Waals surface area contributed by atoms with Crippen LogP contribution in [0.2, 0.25) is 0 Å². The molecule has 1 saturated heterocycles. The van der Waals surface area contributed by atoms with Crippen LogP contribution in [0, 0.1) is 0 Å². The van der Waals surface area contributed by atoms with Gasteiger partial charge in [-0.15, -0.1) is 0 Å². The first kappa shape index (κ1) is 13.3. The minimum Gasteiger partial charge on any atom is -0.465 e. The fourth-order valence-electron chi connectivity index (χ4n) is 2.04. The molecule has 0 aliphatic carbocycles. The first-order valence-corrected chi connectivity index (χ1v) is 6.47. The minimum absolute atomic E-state index is 0.0298. The highest BCUT2D eigenvalue weighted by Gasteiger charge is 2.16. The molecule has 0 aromatic heterocycles. The number of aliphatic hydroxyl groups excluding tert-OH is 2. The zero-order valence-corrected chi connectivity index (χ0v) is 10.4. The Kier molecular flexibility index (Phi) is 4.99. The van der Waals surface area contributed by atoms with E-state index in [9.17, 15) is 5.11 Å². The molecular formula is C14H20O4. The van der Waals surface area contributed by atoms with Gasteiger partial charge in [0, 0.05) is 19.4 Å². The van der Waals surface area contributed by atoms with Gasteiger partial charge in [0.15, 0.2) is 6.29 Å². The van der Waals surface area contributed by atoms with Crippen molar-refractivity contribution in [3.63, 3.8) is 0 Å². The van der Waals surface area contributed by atoms with Crippen molar-refractivity contribution in [2.45, 2.75) is 38.1 Å². The second-order valence-corrected chi connectivity index (χ2v) is 4.51. The maximum absolute atomic E-state index is 9.80. The fourth-order valence-corrected chi connectivity index (χ4v) is 2.04. The van der Waals surface area contributed by atoms with E-state index in [0.29, 0.717) is 12.2 Å². The molecule has 0 saturated carbocycles. The number of benzene rings is 1. The Bertz CT molecular complexity index is 361. The molecule has 0 amide bonds. The molecule has 1 unspecified atom stereocenters. The highest BCUT2D eigenvalue weighted by Crippen LogP contribution is 2.24. The molecular weight excluding hydrogens is 232 g/mol. The second-order valence-electron chi connectivity index (χ2n) is 4.51. The van der Waals surface area contributed by atoms with Crippen molar-refractivity contribution in [1.82, 2.24) is 0 Å². The van der Waals surface area contributed by atoms with Gasteiger partial charge >= 0.3 is 0 Å². The molecule has 1 aromatic carbocycles. The molecule has 1 aliphatic rings. The first-order chi connectivity index (χ1) is 8.79. The maximum Gasteiger partial charge on any atom is 0.199 e. The summed E-state index contributed by atoms with van der Waals surface area (Å²) in [5.41, 5.74) is 0.761. The highest BCUT2D eigenvalue weighted by atomic mass is 16.7. The lowest BCUT2D eigenvalue weighted by Gasteiger charge is -2.23. The zero-order chi connectivity index (χ0) is 12.8. The molecule has 1 heterocycles. The third kappa shape index (κ3) is 3.70. The molecule has 4 heteroatoms. The van der Waals surface area contributed by atoms with Crippen molar-refractivity contribution in [1.29, 1.82) is 0 Å². The van der Waals surface area contributed by atoms with E-state index in [4.69, 9.17) is 14.6 Å². The van der Waals surface area contributed by atoms with Crippen molar-refractivity contribution in [2.24, 2.45) is 0 Å². The van der Waals surface area contributed by atoms with Gasteiger partial charge in [0.05, 0.1) is 12.7 Å². The topological polar surface area (TPSA) is 58.9 Å². The molecule has 2 rings (SSSR count). The monoisotopic (exact) mass is 252 g/mol. The van der Waals surface area contributed by atoms with Crippen molar-refractivity contribution in [3.05, 3.63) is 29.8 Å². The van der Waals surface area contributed by atoms with Crippen LogP contribution in [0.5, 0.6) is 5.75 Å². The van der Waals surface area contributed by atoms with Crippen molar-refractivity contribution < 1.29 is 19.7 Å². The lowest BCUT2D eigenvalue weighted by atomic mass is 10.1. The predicted molar refractivity (Wildman–Crippen MR) is 67.3 cm³/mol. The minimum atomic E-state index is -0.647. The Morgan fingerprint density at radius 3 is 3.00 bits per heavy atom. The lowest BCUT2D eigenvalue weighted by Crippen LogP contribution is -2.25. The van der Waals surface area contributed by atoms with Crippen LogP contribution in [-0.4, -0.2) is 29.7 Å². The summed E-state index contributed by atoms with van der Waals surface area (Å²) in [4.78, 5) is 0. The number of aliphatic hydroxyl groups is 2. The number of hydrogen-bond donors (Lipinski definition) is 2. The van der Waals surface area contributed by atoms with Gasteiger partial charge in [0.25, 0.3) is 0 Å². The first-order valence-electron chi connectivity index (χ1n) is 6.47. The Balaban J connectivity index is 1.97. The van der Waals surface area contributed by atoms with Gasteiger partial charge < -0.3 is 19.7 Å². The molecule has 0 bridgehead atoms. The summed E-state index contributed by atoms with van der Waals surface area (Å²) in [7, 11) is 0. The van der Waals surface area contributed by atoms with Crippen LogP contribution < -0.4 is 4.74 Å². The van der Waals surface area contributed by atoms with Gasteiger partial charge in [-0.3, -0.25) is 0 Å². The van der Waals surface area contributed by atoms with Gasteiger partial charge in [-0.05, 0) is 30.5 Å². The lowest BCUT2D eigenvalue weighted by molar-refractivity contribution is -0.106. The van der Waals surface area contributed by atoms with E-state index in [1.54, 1.807) is 6.07 Å². The third-order valence-electron chi connectivity index (χ3n) is 3.05. The van der Waals surface area contributed by atoms with Crippen molar-refractivity contribution in [3.8, 4) is 5.75 Å². The van der Waals surface area contributed by atoms with Crippen LogP contribution in [0.3, 0.4) is 0 Å². The molecule has 0 radical (unpaired) electrons. The average Bonchev–Trinajstić information content (AvgIpc) is 2.40. The van der Waals surface area contributed by atoms with Crippen LogP contribution in [0.4, 0.5) is 0 Å². The molecule has 100 valence electrons. The standard InChI is InChI=1S/C14H20O4/c15-8-7-13(16)11-4-3-5-12(10-11)18-14-6-1-2-9-17-14/h3-5,10,13-16H,1-2,6-9H2/t13-,14?/m1/s1. The summed E-state index contributed by atoms with van der Waals surface area (Å²) in [6.07, 6.45) is 2.63. The Hall–Kier alpha value is -1.10. The largest absolute Gasteiger partial charge is 0.465 e. The number of rotatable bonds is 5. The van der Waals surface area contributed by atoms with Crippen LogP contribution in [0.1, 0.15) is 37.4 Å². The smallest absolute Gasteiger partial charge is 0.199 e. The van der Waals surface area contributed by atoms with Gasteiger partial charge in [-0.1, -0.05) is 12.1 Å². The highest BCUT2D eigenvalue weighted by molar-refractivity contribution is 5.30. The quantitative estimate of drug-likeness (QED) is 0.841. The molecule has 1 fully saturated rings. The van der Waals surface area contributed by atoms with E-state index in [1.807, 2.05) is 18.2 Å². The summed E-state index contributed by atoms with van der Waals surface area (Å²) < 4.78 is 11.2. The van der Waals surface area contributed by atoms with E-state index in [1.165, 1.54) is 0 Å². The van der Waals surface area contributed by atoms with E-state index >= 15 is 0 Å². The molecule has 18 heavy (non-hydrogen) atoms. The summed E-state index contributed by atoms with van der Waals surface area (Å²) in [6.45, 7) is 0.718. The van der Waals surface area contributed by atoms with Crippen LogP contribution in [0.15, 0.2) is 24.3 Å². The molecule has 4 nitrogen and oxygen atoms in total. The second kappa shape index (κ2) is 6.73. The average molecular weight is 252 g/mol. The zero-order valence-electron chi connectivity index (χ0n) is 10.4. The van der Waals surface area contributed by atoms with Crippen LogP contribution >= 0.6 is 0 Å². The van der Waals surface area contributed by atoms with Gasteiger partial charge in [-0.25, -0.2) is 0 Å². The van der Waals surface area contributed by atoms with Crippen molar-refractivity contribution >= 4 is 0 Å².